The third-order valence-corrected chi connectivity index (χ3v) is 3.71. The summed E-state index contributed by atoms with van der Waals surface area (Å²) in [6, 6.07) is 1.26. The molecule has 0 spiro atoms. The second-order valence-electron chi connectivity index (χ2n) is 5.72. The molecule has 18 heavy (non-hydrogen) atoms. The van der Waals surface area contributed by atoms with E-state index in [-0.39, 0.29) is 0 Å². The van der Waals surface area contributed by atoms with Crippen LogP contribution in [0.25, 0.3) is 0 Å². The summed E-state index contributed by atoms with van der Waals surface area (Å²) in [5.41, 5.74) is 0. The predicted molar refractivity (Wildman–Crippen MR) is 74.8 cm³/mol. The van der Waals surface area contributed by atoms with Gasteiger partial charge in [-0.25, -0.2) is 0 Å². The van der Waals surface area contributed by atoms with E-state index < -0.39 is 0 Å². The highest BCUT2D eigenvalue weighted by Crippen LogP contribution is 2.20. The molecule has 1 heterocycles. The minimum absolute atomic E-state index is 0.300. The van der Waals surface area contributed by atoms with Gasteiger partial charge >= 0.3 is 0 Å². The van der Waals surface area contributed by atoms with Crippen LogP contribution in [0.5, 0.6) is 0 Å². The lowest BCUT2D eigenvalue weighted by atomic mass is 10.1. The average Bonchev–Trinajstić information content (AvgIpc) is 2.75. The molecule has 3 heteroatoms. The van der Waals surface area contributed by atoms with Crippen molar-refractivity contribution in [3.63, 3.8) is 0 Å². The number of likely N-dealkylation sites (tertiary alicyclic amines) is 1. The van der Waals surface area contributed by atoms with Crippen LogP contribution in [0.1, 0.15) is 59.3 Å². The van der Waals surface area contributed by atoms with E-state index >= 15 is 0 Å². The van der Waals surface area contributed by atoms with Crippen molar-refractivity contribution in [3.05, 3.63) is 0 Å². The van der Waals surface area contributed by atoms with Crippen molar-refractivity contribution in [1.29, 1.82) is 0 Å². The maximum Gasteiger partial charge on any atom is 0.129 e. The van der Waals surface area contributed by atoms with Crippen molar-refractivity contribution in [3.8, 4) is 0 Å². The van der Waals surface area contributed by atoms with E-state index in [2.05, 4.69) is 18.7 Å². The lowest BCUT2D eigenvalue weighted by Gasteiger charge is -2.28. The third kappa shape index (κ3) is 5.96. The van der Waals surface area contributed by atoms with Crippen LogP contribution in [0.3, 0.4) is 0 Å². The molecule has 0 amide bonds. The fourth-order valence-electron chi connectivity index (χ4n) is 2.69. The Hall–Kier alpha value is -0.410. The zero-order valence-corrected chi connectivity index (χ0v) is 12.3. The van der Waals surface area contributed by atoms with Crippen molar-refractivity contribution in [2.24, 2.45) is 0 Å². The van der Waals surface area contributed by atoms with Crippen LogP contribution in [0, 0.1) is 0 Å². The number of rotatable bonds is 9. The second-order valence-corrected chi connectivity index (χ2v) is 5.72. The van der Waals surface area contributed by atoms with Crippen LogP contribution in [0.15, 0.2) is 0 Å². The van der Waals surface area contributed by atoms with Gasteiger partial charge in [-0.15, -0.1) is 0 Å². The summed E-state index contributed by atoms with van der Waals surface area (Å²) in [5.74, 6) is 0.300. The van der Waals surface area contributed by atoms with Gasteiger partial charge < -0.3 is 9.53 Å². The summed E-state index contributed by atoms with van der Waals surface area (Å²) in [4.78, 5) is 13.3. The second kappa shape index (κ2) is 8.65. The molecule has 0 aromatic carbocycles. The van der Waals surface area contributed by atoms with Crippen molar-refractivity contribution in [2.45, 2.75) is 71.4 Å². The number of unbranched alkanes of at least 4 members (excludes halogenated alkanes) is 2. The molecule has 0 aromatic heterocycles. The number of carbonyl (C=O) groups is 1. The van der Waals surface area contributed by atoms with Crippen molar-refractivity contribution < 1.29 is 9.53 Å². The summed E-state index contributed by atoms with van der Waals surface area (Å²) in [6.07, 6.45) is 6.52. The number of ether oxygens (including phenoxy) is 1. The number of Topliss-reactive ketones (excluding diaryl/α,β-unsaturated/α-hetero) is 1. The largest absolute Gasteiger partial charge is 0.380 e. The Kier molecular flexibility index (Phi) is 7.52. The van der Waals surface area contributed by atoms with Gasteiger partial charge in [0.15, 0.2) is 0 Å². The van der Waals surface area contributed by atoms with Gasteiger partial charge in [0.25, 0.3) is 0 Å². The molecule has 3 nitrogen and oxygen atoms in total. The molecule has 0 aromatic rings. The molecule has 0 bridgehead atoms. The molecule has 1 fully saturated rings. The molecule has 1 saturated heterocycles. The quantitative estimate of drug-likeness (QED) is 0.593. The summed E-state index contributed by atoms with van der Waals surface area (Å²) < 4.78 is 5.78. The standard InChI is InChI=1S/C15H29NO2/c1-13(2)16-10-7-9-15(16)12-18-11-6-4-5-8-14(3)17/h13,15H,4-12H2,1-3H3/t15-/m0/s1. The molecule has 1 aliphatic heterocycles. The molecule has 0 aliphatic carbocycles. The summed E-state index contributed by atoms with van der Waals surface area (Å²) in [6.45, 7) is 9.15. The summed E-state index contributed by atoms with van der Waals surface area (Å²) in [7, 11) is 0. The Morgan fingerprint density at radius 1 is 1.33 bits per heavy atom. The average molecular weight is 255 g/mol. The van der Waals surface area contributed by atoms with Gasteiger partial charge in [-0.1, -0.05) is 6.42 Å². The molecule has 106 valence electrons. The normalized spacial score (nSPS) is 20.8. The molecule has 0 saturated carbocycles. The minimum Gasteiger partial charge on any atom is -0.380 e. The highest BCUT2D eigenvalue weighted by molar-refractivity contribution is 5.75. The highest BCUT2D eigenvalue weighted by Gasteiger charge is 2.26. The Balaban J connectivity index is 1.99. The number of hydrogen-bond donors (Lipinski definition) is 0. The molecular weight excluding hydrogens is 226 g/mol. The van der Waals surface area contributed by atoms with Crippen LogP contribution in [0.2, 0.25) is 0 Å². The smallest absolute Gasteiger partial charge is 0.129 e. The Bertz CT molecular complexity index is 241. The van der Waals surface area contributed by atoms with E-state index in [1.54, 1.807) is 6.92 Å². The molecule has 0 radical (unpaired) electrons. The fourth-order valence-corrected chi connectivity index (χ4v) is 2.69. The van der Waals surface area contributed by atoms with Gasteiger partial charge in [0, 0.05) is 25.1 Å². The van der Waals surface area contributed by atoms with Crippen LogP contribution < -0.4 is 0 Å². The molecule has 0 unspecified atom stereocenters. The van der Waals surface area contributed by atoms with E-state index in [4.69, 9.17) is 4.74 Å². The van der Waals surface area contributed by atoms with Gasteiger partial charge in [0.1, 0.15) is 5.78 Å². The van der Waals surface area contributed by atoms with Gasteiger partial charge in [-0.3, -0.25) is 4.90 Å². The molecule has 1 atom stereocenters. The van der Waals surface area contributed by atoms with Crippen molar-refractivity contribution in [1.82, 2.24) is 4.90 Å². The zero-order chi connectivity index (χ0) is 13.4. The van der Waals surface area contributed by atoms with E-state index in [1.165, 1.54) is 19.4 Å². The van der Waals surface area contributed by atoms with E-state index in [1.807, 2.05) is 0 Å². The SMILES string of the molecule is CC(=O)CCCCCOC[C@@H]1CCCN1C(C)C. The third-order valence-electron chi connectivity index (χ3n) is 3.71. The van der Waals surface area contributed by atoms with Crippen LogP contribution in [0.4, 0.5) is 0 Å². The Labute approximate surface area is 112 Å². The van der Waals surface area contributed by atoms with Crippen molar-refractivity contribution in [2.75, 3.05) is 19.8 Å². The molecular formula is C15H29NO2. The predicted octanol–water partition coefficient (Wildman–Crippen LogP) is 3.03. The molecule has 1 rings (SSSR count). The van der Waals surface area contributed by atoms with Crippen molar-refractivity contribution >= 4 is 5.78 Å². The monoisotopic (exact) mass is 255 g/mol. The Morgan fingerprint density at radius 2 is 2.11 bits per heavy atom. The first-order valence-electron chi connectivity index (χ1n) is 7.44. The van der Waals surface area contributed by atoms with Gasteiger partial charge in [-0.2, -0.15) is 0 Å². The lowest BCUT2D eigenvalue weighted by Crippen LogP contribution is -2.38. The van der Waals surface area contributed by atoms with Gasteiger partial charge in [-0.05, 0) is 53.0 Å². The van der Waals surface area contributed by atoms with Crippen LogP contribution in [-0.2, 0) is 9.53 Å². The summed E-state index contributed by atoms with van der Waals surface area (Å²) >= 11 is 0. The topological polar surface area (TPSA) is 29.5 Å². The Morgan fingerprint density at radius 3 is 2.78 bits per heavy atom. The van der Waals surface area contributed by atoms with Crippen LogP contribution in [-0.4, -0.2) is 42.5 Å². The molecule has 0 N–H and O–H groups in total. The first-order chi connectivity index (χ1) is 8.61. The first kappa shape index (κ1) is 15.6. The van der Waals surface area contributed by atoms with E-state index in [9.17, 15) is 4.79 Å². The van der Waals surface area contributed by atoms with Crippen LogP contribution >= 0.6 is 0 Å². The van der Waals surface area contributed by atoms with E-state index in [0.29, 0.717) is 17.9 Å². The minimum atomic E-state index is 0.300. The van der Waals surface area contributed by atoms with E-state index in [0.717, 1.165) is 38.9 Å². The number of nitrogens with zero attached hydrogens (tertiary/aromatic N) is 1. The number of hydrogen-bond acceptors (Lipinski definition) is 3. The maximum atomic E-state index is 10.8. The maximum absolute atomic E-state index is 10.8. The lowest BCUT2D eigenvalue weighted by molar-refractivity contribution is -0.117. The molecule has 1 aliphatic rings. The number of carbonyl (C=O) groups excluding carboxylic acids is 1. The number of ketones is 1. The summed E-state index contributed by atoms with van der Waals surface area (Å²) in [5, 5.41) is 0. The zero-order valence-electron chi connectivity index (χ0n) is 12.3. The van der Waals surface area contributed by atoms with Gasteiger partial charge in [0.05, 0.1) is 6.61 Å². The first-order valence-corrected chi connectivity index (χ1v) is 7.44. The van der Waals surface area contributed by atoms with Gasteiger partial charge in [0.2, 0.25) is 0 Å². The fraction of sp³-hybridized carbons (Fsp3) is 0.933. The highest BCUT2D eigenvalue weighted by atomic mass is 16.5.